The Kier molecular flexibility index (Phi) is 6.06. The van der Waals surface area contributed by atoms with Gasteiger partial charge in [-0.1, -0.05) is 48.5 Å². The number of nitro benzene ring substituents is 1. The van der Waals surface area contributed by atoms with Gasteiger partial charge in [-0.2, -0.15) is 0 Å². The number of hydrogen-bond donors (Lipinski definition) is 0. The summed E-state index contributed by atoms with van der Waals surface area (Å²) in [6.07, 6.45) is 0. The summed E-state index contributed by atoms with van der Waals surface area (Å²) in [4.78, 5) is 23.7. The molecule has 0 saturated heterocycles. The maximum absolute atomic E-state index is 12.8. The van der Waals surface area contributed by atoms with Crippen LogP contribution in [0.2, 0.25) is 0 Å². The number of esters is 1. The first-order valence-electron chi connectivity index (χ1n) is 8.39. The van der Waals surface area contributed by atoms with Crippen molar-refractivity contribution in [2.75, 3.05) is 0 Å². The van der Waals surface area contributed by atoms with E-state index >= 15 is 0 Å². The van der Waals surface area contributed by atoms with Crippen LogP contribution in [-0.4, -0.2) is 10.9 Å². The fourth-order valence-corrected chi connectivity index (χ4v) is 3.36. The molecule has 0 atom stereocenters. The van der Waals surface area contributed by atoms with Gasteiger partial charge in [0.15, 0.2) is 0 Å². The number of carbonyl (C=O) groups is 1. The maximum Gasteiger partial charge on any atom is 0.347 e. The Morgan fingerprint density at radius 3 is 2.29 bits per heavy atom. The average molecular weight is 442 g/mol. The van der Waals surface area contributed by atoms with Crippen molar-refractivity contribution in [2.24, 2.45) is 0 Å². The quantitative estimate of drug-likeness (QED) is 0.219. The van der Waals surface area contributed by atoms with Crippen molar-refractivity contribution in [3.05, 3.63) is 98.0 Å². The molecule has 0 aromatic heterocycles. The molecule has 0 aliphatic rings. The SMILES string of the molecule is Cc1c(C(=O)Oc2ccccc2)c(OCc2ccccc2)cc(Br)c1[N+](=O)[O-]. The first-order valence-corrected chi connectivity index (χ1v) is 9.18. The van der Waals surface area contributed by atoms with Gasteiger partial charge in [-0.3, -0.25) is 10.1 Å². The zero-order chi connectivity index (χ0) is 20.1. The summed E-state index contributed by atoms with van der Waals surface area (Å²) in [5.74, 6) is -0.173. The number of para-hydroxylation sites is 1. The predicted molar refractivity (Wildman–Crippen MR) is 108 cm³/mol. The van der Waals surface area contributed by atoms with Gasteiger partial charge < -0.3 is 9.47 Å². The average Bonchev–Trinajstić information content (AvgIpc) is 2.67. The molecule has 142 valence electrons. The molecule has 0 heterocycles. The second-order valence-electron chi connectivity index (χ2n) is 5.94. The van der Waals surface area contributed by atoms with Gasteiger partial charge >= 0.3 is 5.97 Å². The second-order valence-corrected chi connectivity index (χ2v) is 6.79. The van der Waals surface area contributed by atoms with Crippen LogP contribution in [0.25, 0.3) is 0 Å². The molecule has 0 unspecified atom stereocenters. The van der Waals surface area contributed by atoms with Gasteiger partial charge in [-0.25, -0.2) is 4.79 Å². The fraction of sp³-hybridized carbons (Fsp3) is 0.0952. The van der Waals surface area contributed by atoms with Crippen molar-refractivity contribution < 1.29 is 19.2 Å². The molecule has 0 amide bonds. The van der Waals surface area contributed by atoms with Crippen LogP contribution in [0, 0.1) is 17.0 Å². The van der Waals surface area contributed by atoms with Gasteiger partial charge in [0, 0.05) is 11.6 Å². The van der Waals surface area contributed by atoms with E-state index in [2.05, 4.69) is 15.9 Å². The second kappa shape index (κ2) is 8.67. The summed E-state index contributed by atoms with van der Waals surface area (Å²) in [6, 6.07) is 19.3. The molecular weight excluding hydrogens is 426 g/mol. The van der Waals surface area contributed by atoms with E-state index in [0.29, 0.717) is 5.75 Å². The number of ether oxygens (including phenoxy) is 2. The summed E-state index contributed by atoms with van der Waals surface area (Å²) in [6.45, 7) is 1.70. The lowest BCUT2D eigenvalue weighted by Gasteiger charge is -2.15. The molecule has 0 aliphatic heterocycles. The molecule has 0 radical (unpaired) electrons. The van der Waals surface area contributed by atoms with Crippen LogP contribution in [0.1, 0.15) is 21.5 Å². The lowest BCUT2D eigenvalue weighted by molar-refractivity contribution is -0.386. The lowest BCUT2D eigenvalue weighted by Crippen LogP contribution is -2.14. The molecule has 0 fully saturated rings. The molecule has 0 spiro atoms. The van der Waals surface area contributed by atoms with Crippen molar-refractivity contribution in [3.8, 4) is 11.5 Å². The molecule has 3 aromatic rings. The third-order valence-electron chi connectivity index (χ3n) is 4.04. The number of hydrogen-bond acceptors (Lipinski definition) is 5. The van der Waals surface area contributed by atoms with Crippen LogP contribution in [0.5, 0.6) is 11.5 Å². The fourth-order valence-electron chi connectivity index (χ4n) is 2.71. The molecular formula is C21H16BrNO5. The largest absolute Gasteiger partial charge is 0.488 e. The minimum Gasteiger partial charge on any atom is -0.488 e. The zero-order valence-corrected chi connectivity index (χ0v) is 16.5. The smallest absolute Gasteiger partial charge is 0.347 e. The number of carbonyl (C=O) groups excluding carboxylic acids is 1. The van der Waals surface area contributed by atoms with E-state index < -0.39 is 10.9 Å². The summed E-state index contributed by atoms with van der Waals surface area (Å²) in [5, 5.41) is 11.4. The van der Waals surface area contributed by atoms with Gasteiger partial charge in [0.25, 0.3) is 5.69 Å². The first kappa shape index (κ1) is 19.6. The Bertz CT molecular complexity index is 1010. The van der Waals surface area contributed by atoms with E-state index in [4.69, 9.17) is 9.47 Å². The van der Waals surface area contributed by atoms with Gasteiger partial charge in [0.2, 0.25) is 0 Å². The number of nitrogens with zero attached hydrogens (tertiary/aromatic N) is 1. The van der Waals surface area contributed by atoms with Crippen LogP contribution in [-0.2, 0) is 6.61 Å². The van der Waals surface area contributed by atoms with Crippen LogP contribution in [0.4, 0.5) is 5.69 Å². The van der Waals surface area contributed by atoms with E-state index in [1.807, 2.05) is 30.3 Å². The number of nitro groups is 1. The minimum atomic E-state index is -0.720. The molecule has 6 nitrogen and oxygen atoms in total. The van der Waals surface area contributed by atoms with E-state index in [-0.39, 0.29) is 33.6 Å². The Balaban J connectivity index is 1.99. The molecule has 0 N–H and O–H groups in total. The van der Waals surface area contributed by atoms with E-state index in [1.165, 1.54) is 13.0 Å². The van der Waals surface area contributed by atoms with Crippen LogP contribution in [0.15, 0.2) is 71.2 Å². The third kappa shape index (κ3) is 4.37. The standard InChI is InChI=1S/C21H16BrNO5/c1-14-19(21(24)28-16-10-6-3-7-11-16)18(12-17(22)20(14)23(25)26)27-13-15-8-4-2-5-9-15/h2-12H,13H2,1H3. The highest BCUT2D eigenvalue weighted by Gasteiger charge is 2.28. The molecule has 0 bridgehead atoms. The van der Waals surface area contributed by atoms with Gasteiger partial charge in [-0.15, -0.1) is 0 Å². The topological polar surface area (TPSA) is 78.7 Å². The van der Waals surface area contributed by atoms with Crippen molar-refractivity contribution in [2.45, 2.75) is 13.5 Å². The predicted octanol–water partition coefficient (Wildman–Crippen LogP) is 5.46. The minimum absolute atomic E-state index is 0.0229. The van der Waals surface area contributed by atoms with Gasteiger partial charge in [-0.05, 0) is 40.5 Å². The highest BCUT2D eigenvalue weighted by atomic mass is 79.9. The van der Waals surface area contributed by atoms with E-state index in [0.717, 1.165) is 5.56 Å². The number of halogens is 1. The molecule has 0 aliphatic carbocycles. The third-order valence-corrected chi connectivity index (χ3v) is 4.64. The Morgan fingerprint density at radius 1 is 1.07 bits per heavy atom. The van der Waals surface area contributed by atoms with Crippen molar-refractivity contribution >= 4 is 27.6 Å². The van der Waals surface area contributed by atoms with Crippen LogP contribution < -0.4 is 9.47 Å². The summed E-state index contributed by atoms with van der Waals surface area (Å²) >= 11 is 3.20. The van der Waals surface area contributed by atoms with Crippen LogP contribution >= 0.6 is 15.9 Å². The summed E-state index contributed by atoms with van der Waals surface area (Å²) in [7, 11) is 0. The van der Waals surface area contributed by atoms with Crippen molar-refractivity contribution in [1.29, 1.82) is 0 Å². The highest BCUT2D eigenvalue weighted by Crippen LogP contribution is 2.38. The summed E-state index contributed by atoms with van der Waals surface area (Å²) in [5.41, 5.74) is 0.891. The number of benzene rings is 3. The summed E-state index contributed by atoms with van der Waals surface area (Å²) < 4.78 is 11.4. The highest BCUT2D eigenvalue weighted by molar-refractivity contribution is 9.10. The van der Waals surface area contributed by atoms with Gasteiger partial charge in [0.05, 0.1) is 9.40 Å². The van der Waals surface area contributed by atoms with Gasteiger partial charge in [0.1, 0.15) is 23.7 Å². The molecule has 28 heavy (non-hydrogen) atoms. The molecule has 3 aromatic carbocycles. The Hall–Kier alpha value is -3.19. The number of rotatable bonds is 6. The first-order chi connectivity index (χ1) is 13.5. The van der Waals surface area contributed by atoms with Crippen LogP contribution in [0.3, 0.4) is 0 Å². The van der Waals surface area contributed by atoms with E-state index in [9.17, 15) is 14.9 Å². The normalized spacial score (nSPS) is 10.4. The Morgan fingerprint density at radius 2 is 1.68 bits per heavy atom. The molecule has 3 rings (SSSR count). The molecule has 7 heteroatoms. The maximum atomic E-state index is 12.8. The molecule has 0 saturated carbocycles. The van der Waals surface area contributed by atoms with Crippen molar-refractivity contribution in [1.82, 2.24) is 0 Å². The monoisotopic (exact) mass is 441 g/mol. The van der Waals surface area contributed by atoms with E-state index in [1.54, 1.807) is 30.3 Å². The zero-order valence-electron chi connectivity index (χ0n) is 14.9. The lowest BCUT2D eigenvalue weighted by atomic mass is 10.1. The Labute approximate surface area is 170 Å². The van der Waals surface area contributed by atoms with Crippen molar-refractivity contribution in [3.63, 3.8) is 0 Å².